The van der Waals surface area contributed by atoms with Gasteiger partial charge in [0.05, 0.1) is 10.4 Å². The molecule has 3 heterocycles. The third-order valence-corrected chi connectivity index (χ3v) is 13.4. The molecule has 52 heavy (non-hydrogen) atoms. The molecule has 2 aliphatic carbocycles. The van der Waals surface area contributed by atoms with Gasteiger partial charge < -0.3 is 9.64 Å². The third-order valence-electron chi connectivity index (χ3n) is 11.0. The highest BCUT2D eigenvalue weighted by Crippen LogP contribution is 2.50. The van der Waals surface area contributed by atoms with Crippen molar-refractivity contribution in [3.8, 4) is 16.9 Å². The van der Waals surface area contributed by atoms with Gasteiger partial charge in [-0.25, -0.2) is 0 Å². The molecule has 11 rings (SSSR count). The molecular weight excluding hydrogens is 671 g/mol. The number of hydrogen-bond donors (Lipinski definition) is 0. The van der Waals surface area contributed by atoms with Gasteiger partial charge in [0.1, 0.15) is 11.5 Å². The van der Waals surface area contributed by atoms with Crippen LogP contribution in [0, 0.1) is 5.92 Å². The Bertz CT molecular complexity index is 2850. The van der Waals surface area contributed by atoms with Gasteiger partial charge in [0.2, 0.25) is 0 Å². The molecule has 0 spiro atoms. The molecule has 8 aromatic rings. The molecule has 1 aliphatic heterocycles. The van der Waals surface area contributed by atoms with Crippen LogP contribution in [0.5, 0.6) is 5.75 Å². The van der Waals surface area contributed by atoms with Gasteiger partial charge in [0.15, 0.2) is 0 Å². The van der Waals surface area contributed by atoms with Gasteiger partial charge in [-0.3, -0.25) is 0 Å². The second-order valence-corrected chi connectivity index (χ2v) is 16.0. The average Bonchev–Trinajstić information content (AvgIpc) is 3.90. The van der Waals surface area contributed by atoms with E-state index in [1.165, 1.54) is 79.7 Å². The molecule has 2 unspecified atom stereocenters. The summed E-state index contributed by atoms with van der Waals surface area (Å²) in [4.78, 5) is 2.50. The van der Waals surface area contributed by atoms with E-state index >= 15 is 0 Å². The highest BCUT2D eigenvalue weighted by atomic mass is 32.1. The molecule has 0 radical (unpaired) electrons. The van der Waals surface area contributed by atoms with E-state index in [4.69, 9.17) is 4.74 Å². The Morgan fingerprint density at radius 3 is 2.31 bits per heavy atom. The van der Waals surface area contributed by atoms with Gasteiger partial charge in [0, 0.05) is 64.4 Å². The largest absolute Gasteiger partial charge is 0.460 e. The minimum atomic E-state index is 0.255. The highest BCUT2D eigenvalue weighted by Gasteiger charge is 2.34. The van der Waals surface area contributed by atoms with Crippen molar-refractivity contribution in [3.05, 3.63) is 186 Å². The van der Waals surface area contributed by atoms with Crippen molar-refractivity contribution in [2.75, 3.05) is 4.90 Å². The number of nitrogens with zero attached hydrogens (tertiary/aromatic N) is 1. The van der Waals surface area contributed by atoms with E-state index in [1.807, 2.05) is 22.7 Å². The number of benzene rings is 6. The first kappa shape index (κ1) is 30.0. The second kappa shape index (κ2) is 11.9. The van der Waals surface area contributed by atoms with Gasteiger partial charge in [-0.2, -0.15) is 0 Å². The molecule has 2 aromatic heterocycles. The summed E-state index contributed by atoms with van der Waals surface area (Å²) in [6.07, 6.45) is 13.7. The Morgan fingerprint density at radius 1 is 0.615 bits per heavy atom. The minimum absolute atomic E-state index is 0.255. The van der Waals surface area contributed by atoms with Crippen molar-refractivity contribution in [3.63, 3.8) is 0 Å². The summed E-state index contributed by atoms with van der Waals surface area (Å²) in [5.41, 5.74) is 8.73. The van der Waals surface area contributed by atoms with E-state index in [0.717, 1.165) is 24.4 Å². The zero-order chi connectivity index (χ0) is 34.2. The molecule has 4 heteroatoms. The molecule has 0 fully saturated rings. The third kappa shape index (κ3) is 4.68. The van der Waals surface area contributed by atoms with Crippen LogP contribution in [-0.2, 0) is 0 Å². The van der Waals surface area contributed by atoms with Gasteiger partial charge in [0.25, 0.3) is 0 Å². The zero-order valence-electron chi connectivity index (χ0n) is 28.3. The lowest BCUT2D eigenvalue weighted by Crippen LogP contribution is -2.19. The fourth-order valence-corrected chi connectivity index (χ4v) is 10.9. The predicted octanol–water partition coefficient (Wildman–Crippen LogP) is 14.1. The van der Waals surface area contributed by atoms with Gasteiger partial charge >= 0.3 is 0 Å². The number of ether oxygens (including phenoxy) is 1. The van der Waals surface area contributed by atoms with Crippen LogP contribution in [0.1, 0.15) is 24.3 Å². The lowest BCUT2D eigenvalue weighted by molar-refractivity contribution is 0.411. The summed E-state index contributed by atoms with van der Waals surface area (Å²) in [5, 5.41) is 5.22. The van der Waals surface area contributed by atoms with E-state index in [1.54, 1.807) is 0 Å². The summed E-state index contributed by atoms with van der Waals surface area (Å²) in [6, 6.07) is 48.7. The van der Waals surface area contributed by atoms with Crippen LogP contribution >= 0.6 is 22.7 Å². The first-order chi connectivity index (χ1) is 25.8. The summed E-state index contributed by atoms with van der Waals surface area (Å²) in [5.74, 6) is 2.70. The Kier molecular flexibility index (Phi) is 6.89. The Hall–Kier alpha value is -5.68. The Balaban J connectivity index is 1.06. The fourth-order valence-electron chi connectivity index (χ4n) is 8.52. The summed E-state index contributed by atoms with van der Waals surface area (Å²) in [7, 11) is 0. The first-order valence-corrected chi connectivity index (χ1v) is 19.7. The second-order valence-electron chi connectivity index (χ2n) is 13.9. The molecule has 2 atom stereocenters. The Labute approximate surface area is 310 Å². The lowest BCUT2D eigenvalue weighted by Gasteiger charge is -2.30. The van der Waals surface area contributed by atoms with Gasteiger partial charge in [-0.15, -0.1) is 22.7 Å². The summed E-state index contributed by atoms with van der Waals surface area (Å²) in [6.45, 7) is 0. The highest BCUT2D eigenvalue weighted by molar-refractivity contribution is 7.27. The lowest BCUT2D eigenvalue weighted by atomic mass is 9.82. The topological polar surface area (TPSA) is 12.5 Å². The van der Waals surface area contributed by atoms with Gasteiger partial charge in [-0.05, 0) is 72.0 Å². The number of para-hydroxylation sites is 1. The average molecular weight is 704 g/mol. The quantitative estimate of drug-likeness (QED) is 0.177. The van der Waals surface area contributed by atoms with E-state index in [0.29, 0.717) is 5.92 Å². The van der Waals surface area contributed by atoms with Crippen LogP contribution in [0.2, 0.25) is 0 Å². The maximum Gasteiger partial charge on any atom is 0.130 e. The summed E-state index contributed by atoms with van der Waals surface area (Å²) >= 11 is 3.78. The molecule has 0 bridgehead atoms. The standard InChI is InChI=1S/C48H33NOS2/c1-2-11-30(12-3-1)35-16-9-18-39-40-19-10-20-42(48(40)52-47(35)39)49(33-27-28-45-41(29-33)37-14-5-7-22-44(37)51-45)32-25-23-31(24-26-32)34-15-8-17-38-36-13-4-6-21-43(36)50-46(34)38/h1-16,18-23,25-29,31,38H,17,24H2. The molecule has 6 aromatic carbocycles. The van der Waals surface area contributed by atoms with Crippen LogP contribution < -0.4 is 9.64 Å². The maximum atomic E-state index is 6.54. The van der Waals surface area contributed by atoms with Crippen molar-refractivity contribution in [1.82, 2.24) is 0 Å². The number of hydrogen-bond acceptors (Lipinski definition) is 4. The number of fused-ring (bicyclic) bond motifs is 9. The molecule has 0 saturated carbocycles. The van der Waals surface area contributed by atoms with Crippen LogP contribution in [0.15, 0.2) is 181 Å². The van der Waals surface area contributed by atoms with Crippen molar-refractivity contribution in [2.24, 2.45) is 5.92 Å². The Morgan fingerprint density at radius 2 is 1.40 bits per heavy atom. The molecule has 2 nitrogen and oxygen atoms in total. The molecular formula is C48H33NOS2. The number of anilines is 2. The van der Waals surface area contributed by atoms with E-state index in [-0.39, 0.29) is 5.92 Å². The van der Waals surface area contributed by atoms with E-state index in [2.05, 4.69) is 169 Å². The van der Waals surface area contributed by atoms with E-state index < -0.39 is 0 Å². The fraction of sp³-hybridized carbons (Fsp3) is 0.0833. The zero-order valence-corrected chi connectivity index (χ0v) is 30.0. The predicted molar refractivity (Wildman–Crippen MR) is 222 cm³/mol. The number of rotatable bonds is 5. The summed E-state index contributed by atoms with van der Waals surface area (Å²) < 4.78 is 11.8. The molecule has 0 amide bonds. The molecule has 0 N–H and O–H groups in total. The SMILES string of the molecule is C1=CC(C2C=CC(N(c3ccc4sc5ccccc5c4c3)c3cccc4c3sc3c(-c5ccccc5)cccc34)=CC2)=C2Oc3ccccc3C2C1. The maximum absolute atomic E-state index is 6.54. The van der Waals surface area contributed by atoms with Crippen LogP contribution in [0.25, 0.3) is 51.5 Å². The van der Waals surface area contributed by atoms with Crippen molar-refractivity contribution >= 4 is 74.4 Å². The van der Waals surface area contributed by atoms with Crippen LogP contribution in [0.4, 0.5) is 11.4 Å². The molecule has 3 aliphatic rings. The molecule has 0 saturated heterocycles. The first-order valence-electron chi connectivity index (χ1n) is 18.1. The van der Waals surface area contributed by atoms with Crippen LogP contribution in [0.3, 0.4) is 0 Å². The number of allylic oxidation sites excluding steroid dienone is 7. The monoisotopic (exact) mass is 703 g/mol. The minimum Gasteiger partial charge on any atom is -0.460 e. The smallest absolute Gasteiger partial charge is 0.130 e. The normalized spacial score (nSPS) is 17.9. The van der Waals surface area contributed by atoms with Crippen LogP contribution in [-0.4, -0.2) is 0 Å². The van der Waals surface area contributed by atoms with Crippen molar-refractivity contribution in [1.29, 1.82) is 0 Å². The van der Waals surface area contributed by atoms with Gasteiger partial charge in [-0.1, -0.05) is 121 Å². The van der Waals surface area contributed by atoms with E-state index in [9.17, 15) is 0 Å². The van der Waals surface area contributed by atoms with Crippen molar-refractivity contribution < 1.29 is 4.74 Å². The molecule has 248 valence electrons. The van der Waals surface area contributed by atoms with Crippen molar-refractivity contribution in [2.45, 2.75) is 18.8 Å². The number of thiophene rings is 2.